The maximum atomic E-state index is 13.3. The predicted molar refractivity (Wildman–Crippen MR) is 86.0 cm³/mol. The zero-order valence-corrected chi connectivity index (χ0v) is 13.7. The summed E-state index contributed by atoms with van der Waals surface area (Å²) < 4.78 is 18.7. The topological polar surface area (TPSA) is 51.2 Å². The molecule has 7 heteroatoms. The number of morpholine rings is 1. The molecule has 0 radical (unpaired) electrons. The van der Waals surface area contributed by atoms with Crippen LogP contribution in [0, 0.1) is 5.82 Å². The largest absolute Gasteiger partial charge is 0.369 e. The Morgan fingerprint density at radius 3 is 2.78 bits per heavy atom. The number of carbonyl (C=O) groups excluding carboxylic acids is 1. The lowest BCUT2D eigenvalue weighted by atomic mass is 9.91. The Morgan fingerprint density at radius 2 is 2.09 bits per heavy atom. The fraction of sp³-hybridized carbons (Fsp3) is 0.250. The highest BCUT2D eigenvalue weighted by molar-refractivity contribution is 6.31. The van der Waals surface area contributed by atoms with Gasteiger partial charge in [-0.2, -0.15) is 0 Å². The lowest BCUT2D eigenvalue weighted by Gasteiger charge is -2.35. The number of halogens is 3. The molecule has 0 bridgehead atoms. The molecule has 3 rings (SSSR count). The molecule has 0 saturated carbocycles. The van der Waals surface area contributed by atoms with Gasteiger partial charge in [0.1, 0.15) is 17.6 Å². The smallest absolute Gasteiger partial charge is 0.246 e. The van der Waals surface area contributed by atoms with E-state index in [9.17, 15) is 9.18 Å². The van der Waals surface area contributed by atoms with Crippen molar-refractivity contribution in [3.05, 3.63) is 51.9 Å². The van der Waals surface area contributed by atoms with Gasteiger partial charge in [0.2, 0.25) is 5.91 Å². The van der Waals surface area contributed by atoms with Crippen LogP contribution in [0.3, 0.4) is 0 Å². The fourth-order valence-electron chi connectivity index (χ4n) is 2.50. The van der Waals surface area contributed by atoms with Crippen molar-refractivity contribution in [2.75, 3.05) is 13.2 Å². The fourth-order valence-corrected chi connectivity index (χ4v) is 2.89. The van der Waals surface area contributed by atoms with Gasteiger partial charge in [-0.1, -0.05) is 23.2 Å². The molecule has 1 saturated heterocycles. The highest BCUT2D eigenvalue weighted by Gasteiger charge is 2.33. The molecule has 1 amide bonds. The normalized spacial score (nSPS) is 21.1. The summed E-state index contributed by atoms with van der Waals surface area (Å²) >= 11 is 11.9. The highest BCUT2D eigenvalue weighted by Crippen LogP contribution is 2.31. The highest BCUT2D eigenvalue weighted by atomic mass is 35.5. The predicted octanol–water partition coefficient (Wildman–Crippen LogP) is 3.56. The first kappa shape index (κ1) is 16.2. The number of nitrogens with one attached hydrogen (secondary N) is 1. The van der Waals surface area contributed by atoms with Gasteiger partial charge in [0, 0.05) is 5.56 Å². The summed E-state index contributed by atoms with van der Waals surface area (Å²) in [7, 11) is 0. The van der Waals surface area contributed by atoms with Crippen LogP contribution < -0.4 is 5.32 Å². The number of nitrogens with zero attached hydrogens (tertiary/aromatic N) is 1. The quantitative estimate of drug-likeness (QED) is 0.839. The summed E-state index contributed by atoms with van der Waals surface area (Å²) in [4.78, 5) is 15.9. The van der Waals surface area contributed by atoms with Crippen LogP contribution in [0.4, 0.5) is 4.39 Å². The first-order valence-electron chi connectivity index (χ1n) is 6.90. The minimum Gasteiger partial charge on any atom is -0.369 e. The SMILES string of the molecule is CC1(c2cc(Cl)nc(-c3ccc(F)c(Cl)c3)c2)COCC(=O)N1. The van der Waals surface area contributed by atoms with E-state index in [0.29, 0.717) is 17.9 Å². The molecule has 23 heavy (non-hydrogen) atoms. The molecule has 1 aromatic carbocycles. The average molecular weight is 355 g/mol. The standard InChI is InChI=1S/C16H13Cl2FN2O2/c1-16(8-23-7-15(22)21-16)10-5-13(20-14(18)6-10)9-2-3-12(19)11(17)4-9/h2-6H,7-8H2,1H3,(H,21,22). The van der Waals surface area contributed by atoms with Gasteiger partial charge in [-0.3, -0.25) is 4.79 Å². The van der Waals surface area contributed by atoms with E-state index in [2.05, 4.69) is 10.3 Å². The molecule has 1 atom stereocenters. The van der Waals surface area contributed by atoms with Crippen LogP contribution in [-0.4, -0.2) is 24.1 Å². The van der Waals surface area contributed by atoms with Crippen molar-refractivity contribution < 1.29 is 13.9 Å². The first-order valence-corrected chi connectivity index (χ1v) is 7.65. The molecule has 1 aliphatic heterocycles. The number of hydrogen-bond acceptors (Lipinski definition) is 3. The van der Waals surface area contributed by atoms with Crippen LogP contribution >= 0.6 is 23.2 Å². The minimum atomic E-state index is -0.708. The van der Waals surface area contributed by atoms with Gasteiger partial charge >= 0.3 is 0 Å². The number of ether oxygens (including phenoxy) is 1. The van der Waals surface area contributed by atoms with Crippen molar-refractivity contribution in [2.45, 2.75) is 12.5 Å². The average Bonchev–Trinajstić information content (AvgIpc) is 2.49. The van der Waals surface area contributed by atoms with E-state index in [1.165, 1.54) is 12.1 Å². The Hall–Kier alpha value is -1.69. The van der Waals surface area contributed by atoms with Crippen LogP contribution in [0.25, 0.3) is 11.3 Å². The van der Waals surface area contributed by atoms with Gasteiger partial charge in [-0.05, 0) is 42.8 Å². The summed E-state index contributed by atoms with van der Waals surface area (Å²) in [5, 5.41) is 3.17. The molecule has 1 N–H and O–H groups in total. The van der Waals surface area contributed by atoms with Crippen LogP contribution in [0.5, 0.6) is 0 Å². The van der Waals surface area contributed by atoms with Gasteiger partial charge < -0.3 is 10.1 Å². The van der Waals surface area contributed by atoms with Gasteiger partial charge in [-0.15, -0.1) is 0 Å². The zero-order chi connectivity index (χ0) is 16.6. The maximum Gasteiger partial charge on any atom is 0.246 e. The second-order valence-electron chi connectivity index (χ2n) is 5.57. The van der Waals surface area contributed by atoms with Gasteiger partial charge in [-0.25, -0.2) is 9.37 Å². The van der Waals surface area contributed by atoms with E-state index in [0.717, 1.165) is 5.56 Å². The van der Waals surface area contributed by atoms with Crippen molar-refractivity contribution >= 4 is 29.1 Å². The van der Waals surface area contributed by atoms with E-state index < -0.39 is 11.4 Å². The Morgan fingerprint density at radius 1 is 1.30 bits per heavy atom. The maximum absolute atomic E-state index is 13.3. The monoisotopic (exact) mass is 354 g/mol. The molecule has 0 spiro atoms. The van der Waals surface area contributed by atoms with Crippen molar-refractivity contribution in [1.29, 1.82) is 0 Å². The van der Waals surface area contributed by atoms with Gasteiger partial charge in [0.15, 0.2) is 0 Å². The molecular formula is C16H13Cl2FN2O2. The first-order chi connectivity index (χ1) is 10.9. The van der Waals surface area contributed by atoms with Crippen molar-refractivity contribution in [1.82, 2.24) is 10.3 Å². The number of hydrogen-bond donors (Lipinski definition) is 1. The van der Waals surface area contributed by atoms with Gasteiger partial charge in [0.25, 0.3) is 0 Å². The number of carbonyl (C=O) groups is 1. The third-order valence-electron chi connectivity index (χ3n) is 3.69. The van der Waals surface area contributed by atoms with E-state index in [1.807, 2.05) is 6.92 Å². The van der Waals surface area contributed by atoms with Crippen molar-refractivity contribution in [2.24, 2.45) is 0 Å². The summed E-state index contributed by atoms with van der Waals surface area (Å²) in [5.41, 5.74) is 1.21. The van der Waals surface area contributed by atoms with E-state index >= 15 is 0 Å². The van der Waals surface area contributed by atoms with E-state index in [1.54, 1.807) is 18.2 Å². The molecule has 0 aliphatic carbocycles. The molecule has 2 heterocycles. The third kappa shape index (κ3) is 3.32. The number of aromatic nitrogens is 1. The number of rotatable bonds is 2. The van der Waals surface area contributed by atoms with Crippen LogP contribution in [-0.2, 0) is 15.1 Å². The Kier molecular flexibility index (Phi) is 4.27. The van der Waals surface area contributed by atoms with E-state index in [4.69, 9.17) is 27.9 Å². The van der Waals surface area contributed by atoms with Crippen LogP contribution in [0.2, 0.25) is 10.2 Å². The summed E-state index contributed by atoms with van der Waals surface area (Å²) in [6, 6.07) is 7.78. The molecule has 120 valence electrons. The second-order valence-corrected chi connectivity index (χ2v) is 6.36. The Bertz CT molecular complexity index is 785. The lowest BCUT2D eigenvalue weighted by Crippen LogP contribution is -2.52. The second kappa shape index (κ2) is 6.07. The molecule has 1 fully saturated rings. The summed E-state index contributed by atoms with van der Waals surface area (Å²) in [5.74, 6) is -0.698. The molecular weight excluding hydrogens is 342 g/mol. The lowest BCUT2D eigenvalue weighted by molar-refractivity contribution is -0.135. The molecule has 1 unspecified atom stereocenters. The number of pyridine rings is 1. The number of amides is 1. The zero-order valence-electron chi connectivity index (χ0n) is 12.2. The Labute approximate surface area is 142 Å². The molecule has 1 aliphatic rings. The van der Waals surface area contributed by atoms with E-state index in [-0.39, 0.29) is 22.7 Å². The number of benzene rings is 1. The summed E-state index contributed by atoms with van der Waals surface area (Å²) in [6.07, 6.45) is 0. The van der Waals surface area contributed by atoms with Crippen LogP contribution in [0.15, 0.2) is 30.3 Å². The third-order valence-corrected chi connectivity index (χ3v) is 4.17. The molecule has 2 aromatic rings. The van der Waals surface area contributed by atoms with Crippen molar-refractivity contribution in [3.63, 3.8) is 0 Å². The summed E-state index contributed by atoms with van der Waals surface area (Å²) in [6.45, 7) is 2.20. The molecule has 1 aromatic heterocycles. The molecule has 4 nitrogen and oxygen atoms in total. The Balaban J connectivity index is 2.05. The van der Waals surface area contributed by atoms with Gasteiger partial charge in [0.05, 0.1) is 22.9 Å². The van der Waals surface area contributed by atoms with Crippen molar-refractivity contribution in [3.8, 4) is 11.3 Å². The minimum absolute atomic E-state index is 0.00587. The van der Waals surface area contributed by atoms with Crippen LogP contribution in [0.1, 0.15) is 12.5 Å².